The number of nitrogens with zero attached hydrogens (tertiary/aromatic N) is 4. The molecule has 0 spiro atoms. The fourth-order valence-electron chi connectivity index (χ4n) is 2.97. The van der Waals surface area contributed by atoms with E-state index in [4.69, 9.17) is 10.00 Å². The molecule has 7 heteroatoms. The maximum atomic E-state index is 11.9. The Bertz CT molecular complexity index is 988. The van der Waals surface area contributed by atoms with Crippen LogP contribution in [0.4, 0.5) is 5.95 Å². The monoisotopic (exact) mass is 345 g/mol. The Balaban J connectivity index is 1.50. The van der Waals surface area contributed by atoms with Crippen LogP contribution < -0.4 is 10.1 Å². The van der Waals surface area contributed by atoms with Gasteiger partial charge in [0.05, 0.1) is 24.1 Å². The highest BCUT2D eigenvalue weighted by Gasteiger charge is 2.27. The zero-order valence-corrected chi connectivity index (χ0v) is 13.8. The van der Waals surface area contributed by atoms with Crippen LogP contribution in [0.25, 0.3) is 0 Å². The summed E-state index contributed by atoms with van der Waals surface area (Å²) in [4.78, 5) is 15.9. The van der Waals surface area contributed by atoms with E-state index in [0.717, 1.165) is 11.1 Å². The number of amides is 1. The third-order valence-electron chi connectivity index (χ3n) is 4.30. The summed E-state index contributed by atoms with van der Waals surface area (Å²) in [6.45, 7) is 0.322. The molecule has 2 heterocycles. The highest BCUT2D eigenvalue weighted by molar-refractivity contribution is 5.91. The largest absolute Gasteiger partial charge is 0.489 e. The average Bonchev–Trinajstić information content (AvgIpc) is 3.14. The molecule has 1 atom stereocenters. The van der Waals surface area contributed by atoms with Crippen molar-refractivity contribution in [2.24, 2.45) is 0 Å². The summed E-state index contributed by atoms with van der Waals surface area (Å²) in [5.74, 6) is 1.07. The number of aromatic nitrogens is 3. The Morgan fingerprint density at radius 3 is 2.85 bits per heavy atom. The van der Waals surface area contributed by atoms with E-state index in [0.29, 0.717) is 30.3 Å². The van der Waals surface area contributed by atoms with E-state index >= 15 is 0 Å². The van der Waals surface area contributed by atoms with Crippen LogP contribution in [0.3, 0.4) is 0 Å². The molecule has 3 aromatic rings. The van der Waals surface area contributed by atoms with Gasteiger partial charge < -0.3 is 4.74 Å². The molecule has 0 unspecified atom stereocenters. The van der Waals surface area contributed by atoms with Gasteiger partial charge in [-0.3, -0.25) is 10.1 Å². The second-order valence-corrected chi connectivity index (χ2v) is 5.92. The topological polar surface area (TPSA) is 92.8 Å². The van der Waals surface area contributed by atoms with Gasteiger partial charge in [0, 0.05) is 5.56 Å². The maximum Gasteiger partial charge on any atom is 0.229 e. The van der Waals surface area contributed by atoms with E-state index < -0.39 is 0 Å². The van der Waals surface area contributed by atoms with Crippen LogP contribution >= 0.6 is 0 Å². The van der Waals surface area contributed by atoms with Crippen LogP contribution in [0.15, 0.2) is 54.9 Å². The number of anilines is 1. The zero-order valence-electron chi connectivity index (χ0n) is 13.8. The molecule has 0 saturated carbocycles. The van der Waals surface area contributed by atoms with Gasteiger partial charge in [-0.15, -0.1) is 0 Å². The van der Waals surface area contributed by atoms with Crippen molar-refractivity contribution < 1.29 is 9.53 Å². The summed E-state index contributed by atoms with van der Waals surface area (Å²) in [6, 6.07) is 16.9. The summed E-state index contributed by atoms with van der Waals surface area (Å²) >= 11 is 0. The lowest BCUT2D eigenvalue weighted by molar-refractivity contribution is -0.117. The highest BCUT2D eigenvalue weighted by Crippen LogP contribution is 2.29. The number of fused-ring (bicyclic) bond motifs is 1. The van der Waals surface area contributed by atoms with E-state index in [2.05, 4.69) is 21.5 Å². The SMILES string of the molecule is N#Cc1ccccc1COc1ccc([C@@H]2CC(=O)Nc3ncnn32)cc1. The second-order valence-electron chi connectivity index (χ2n) is 5.92. The quantitative estimate of drug-likeness (QED) is 0.785. The Labute approximate surface area is 149 Å². The number of nitrogens with one attached hydrogen (secondary N) is 1. The molecule has 0 saturated heterocycles. The standard InChI is InChI=1S/C19H15N5O2/c20-10-14-3-1-2-4-15(14)11-26-16-7-5-13(6-8-16)17-9-18(25)23-19-21-12-22-24(17)19/h1-8,12,17H,9,11H2,(H,21,22,23,25)/t17-/m0/s1. The Kier molecular flexibility index (Phi) is 4.07. The average molecular weight is 345 g/mol. The first kappa shape index (κ1) is 15.8. The van der Waals surface area contributed by atoms with E-state index in [1.807, 2.05) is 42.5 Å². The molecule has 0 bridgehead atoms. The van der Waals surface area contributed by atoms with Gasteiger partial charge in [0.25, 0.3) is 0 Å². The van der Waals surface area contributed by atoms with Gasteiger partial charge in [0.1, 0.15) is 18.7 Å². The summed E-state index contributed by atoms with van der Waals surface area (Å²) in [6.07, 6.45) is 1.74. The van der Waals surface area contributed by atoms with Crippen molar-refractivity contribution >= 4 is 11.9 Å². The molecule has 128 valence electrons. The number of carbonyl (C=O) groups excluding carboxylic acids is 1. The molecular weight excluding hydrogens is 330 g/mol. The number of ether oxygens (including phenoxy) is 1. The fourth-order valence-corrected chi connectivity index (χ4v) is 2.97. The number of hydrogen-bond acceptors (Lipinski definition) is 5. The third-order valence-corrected chi connectivity index (χ3v) is 4.30. The van der Waals surface area contributed by atoms with Crippen LogP contribution in [-0.2, 0) is 11.4 Å². The summed E-state index contributed by atoms with van der Waals surface area (Å²) in [5.41, 5.74) is 2.41. The fraction of sp³-hybridized carbons (Fsp3) is 0.158. The third kappa shape index (κ3) is 3.00. The minimum Gasteiger partial charge on any atom is -0.489 e. The molecule has 1 aliphatic heterocycles. The first-order valence-electron chi connectivity index (χ1n) is 8.15. The van der Waals surface area contributed by atoms with Crippen molar-refractivity contribution in [1.29, 1.82) is 5.26 Å². The van der Waals surface area contributed by atoms with Crippen molar-refractivity contribution in [3.8, 4) is 11.8 Å². The predicted molar refractivity (Wildman–Crippen MR) is 93.3 cm³/mol. The van der Waals surface area contributed by atoms with Crippen molar-refractivity contribution in [2.75, 3.05) is 5.32 Å². The number of nitriles is 1. The van der Waals surface area contributed by atoms with Gasteiger partial charge in [0.15, 0.2) is 0 Å². The van der Waals surface area contributed by atoms with Crippen LogP contribution in [0.5, 0.6) is 5.75 Å². The first-order chi connectivity index (χ1) is 12.7. The maximum absolute atomic E-state index is 11.9. The van der Waals surface area contributed by atoms with Gasteiger partial charge in [-0.1, -0.05) is 30.3 Å². The highest BCUT2D eigenvalue weighted by atomic mass is 16.5. The molecule has 0 aliphatic carbocycles. The van der Waals surface area contributed by atoms with Gasteiger partial charge in [-0.05, 0) is 23.8 Å². The zero-order chi connectivity index (χ0) is 17.9. The predicted octanol–water partition coefficient (Wildman–Crippen LogP) is 2.66. The second kappa shape index (κ2) is 6.69. The lowest BCUT2D eigenvalue weighted by atomic mass is 10.0. The van der Waals surface area contributed by atoms with E-state index in [1.54, 1.807) is 10.7 Å². The van der Waals surface area contributed by atoms with Crippen molar-refractivity contribution in [1.82, 2.24) is 14.8 Å². The molecule has 2 aromatic carbocycles. The van der Waals surface area contributed by atoms with Gasteiger partial charge in [-0.25, -0.2) is 4.68 Å². The lowest BCUT2D eigenvalue weighted by Crippen LogP contribution is -2.29. The molecule has 1 amide bonds. The van der Waals surface area contributed by atoms with E-state index in [-0.39, 0.29) is 11.9 Å². The number of benzene rings is 2. The smallest absolute Gasteiger partial charge is 0.229 e. The molecule has 0 radical (unpaired) electrons. The number of rotatable bonds is 4. The van der Waals surface area contributed by atoms with Gasteiger partial charge in [0.2, 0.25) is 11.9 Å². The summed E-state index contributed by atoms with van der Waals surface area (Å²) in [7, 11) is 0. The number of hydrogen-bond donors (Lipinski definition) is 1. The van der Waals surface area contributed by atoms with Crippen LogP contribution in [-0.4, -0.2) is 20.7 Å². The molecule has 1 N–H and O–H groups in total. The molecule has 1 aromatic heterocycles. The van der Waals surface area contributed by atoms with Crippen LogP contribution in [0.2, 0.25) is 0 Å². The first-order valence-corrected chi connectivity index (χ1v) is 8.15. The molecular formula is C19H15N5O2. The Hall–Kier alpha value is -3.66. The van der Waals surface area contributed by atoms with Gasteiger partial charge in [-0.2, -0.15) is 15.3 Å². The Morgan fingerprint density at radius 1 is 1.23 bits per heavy atom. The minimum absolute atomic E-state index is 0.0797. The normalized spacial score (nSPS) is 15.7. The van der Waals surface area contributed by atoms with E-state index in [9.17, 15) is 4.79 Å². The minimum atomic E-state index is -0.186. The van der Waals surface area contributed by atoms with Crippen LogP contribution in [0, 0.1) is 11.3 Å². The van der Waals surface area contributed by atoms with Crippen molar-refractivity contribution in [2.45, 2.75) is 19.1 Å². The molecule has 1 aliphatic rings. The molecule has 0 fully saturated rings. The Morgan fingerprint density at radius 2 is 2.04 bits per heavy atom. The molecule has 4 rings (SSSR count). The number of carbonyl (C=O) groups is 1. The molecule has 7 nitrogen and oxygen atoms in total. The lowest BCUT2D eigenvalue weighted by Gasteiger charge is -2.23. The van der Waals surface area contributed by atoms with Crippen molar-refractivity contribution in [3.05, 3.63) is 71.5 Å². The van der Waals surface area contributed by atoms with Crippen molar-refractivity contribution in [3.63, 3.8) is 0 Å². The summed E-state index contributed by atoms with van der Waals surface area (Å²) < 4.78 is 7.50. The van der Waals surface area contributed by atoms with E-state index in [1.165, 1.54) is 6.33 Å². The van der Waals surface area contributed by atoms with Gasteiger partial charge >= 0.3 is 0 Å². The molecule has 26 heavy (non-hydrogen) atoms. The summed E-state index contributed by atoms with van der Waals surface area (Å²) in [5, 5.41) is 16.0. The van der Waals surface area contributed by atoms with Crippen LogP contribution in [0.1, 0.15) is 29.2 Å².